The quantitative estimate of drug-likeness (QED) is 0.893. The van der Waals surface area contributed by atoms with Gasteiger partial charge in [-0.15, -0.1) is 0 Å². The number of H-pyrrole nitrogens is 1. The van der Waals surface area contributed by atoms with E-state index in [0.717, 1.165) is 41.4 Å². The minimum atomic E-state index is -0.0135. The van der Waals surface area contributed by atoms with Crippen molar-refractivity contribution in [2.24, 2.45) is 0 Å². The van der Waals surface area contributed by atoms with Gasteiger partial charge in [-0.2, -0.15) is 0 Å². The van der Waals surface area contributed by atoms with Crippen molar-refractivity contribution in [3.05, 3.63) is 34.4 Å². The molecule has 2 N–H and O–H groups in total. The van der Waals surface area contributed by atoms with E-state index >= 15 is 0 Å². The third-order valence-electron chi connectivity index (χ3n) is 3.44. The molecule has 2 heterocycles. The number of halogens is 1. The Kier molecular flexibility index (Phi) is 3.57. The molecule has 0 atom stereocenters. The van der Waals surface area contributed by atoms with E-state index in [0.29, 0.717) is 5.56 Å². The normalized spacial score (nSPS) is 16.7. The highest BCUT2D eigenvalue weighted by atomic mass is 79.9. The number of carbonyl (C=O) groups is 1. The van der Waals surface area contributed by atoms with Crippen LogP contribution in [0.4, 0.5) is 0 Å². The van der Waals surface area contributed by atoms with E-state index in [-0.39, 0.29) is 11.9 Å². The van der Waals surface area contributed by atoms with Crippen LogP contribution in [-0.2, 0) is 4.74 Å². The van der Waals surface area contributed by atoms with Crippen molar-refractivity contribution in [2.75, 3.05) is 13.2 Å². The molecule has 5 heteroatoms. The third kappa shape index (κ3) is 2.67. The summed E-state index contributed by atoms with van der Waals surface area (Å²) >= 11 is 3.42. The molecule has 1 aromatic carbocycles. The minimum Gasteiger partial charge on any atom is -0.381 e. The van der Waals surface area contributed by atoms with Crippen molar-refractivity contribution in [2.45, 2.75) is 18.9 Å². The number of fused-ring (bicyclic) bond motifs is 1. The summed E-state index contributed by atoms with van der Waals surface area (Å²) in [5.74, 6) is -0.0135. The Morgan fingerprint density at radius 2 is 2.16 bits per heavy atom. The van der Waals surface area contributed by atoms with Gasteiger partial charge in [-0.1, -0.05) is 22.0 Å². The molecule has 0 saturated carbocycles. The largest absolute Gasteiger partial charge is 0.381 e. The van der Waals surface area contributed by atoms with E-state index in [1.54, 1.807) is 6.20 Å². The summed E-state index contributed by atoms with van der Waals surface area (Å²) in [6, 6.07) is 6.10. The summed E-state index contributed by atoms with van der Waals surface area (Å²) in [7, 11) is 0. The first-order valence-electron chi connectivity index (χ1n) is 6.39. The second-order valence-electron chi connectivity index (χ2n) is 4.75. The van der Waals surface area contributed by atoms with Gasteiger partial charge in [0.1, 0.15) is 0 Å². The lowest BCUT2D eigenvalue weighted by Crippen LogP contribution is -2.38. The molecule has 1 aromatic heterocycles. The molecule has 3 rings (SSSR count). The highest BCUT2D eigenvalue weighted by molar-refractivity contribution is 9.10. The number of amides is 1. The summed E-state index contributed by atoms with van der Waals surface area (Å²) in [5, 5.41) is 4.03. The standard InChI is InChI=1S/C14H15BrN2O2/c15-9-1-2-11-12(8-16-13(11)7-9)14(18)17-10-3-5-19-6-4-10/h1-2,7-8,10,16H,3-6H2,(H,17,18). The minimum absolute atomic E-state index is 0.0135. The molecular weight excluding hydrogens is 308 g/mol. The third-order valence-corrected chi connectivity index (χ3v) is 3.94. The first-order valence-corrected chi connectivity index (χ1v) is 7.18. The van der Waals surface area contributed by atoms with Crippen molar-refractivity contribution in [3.8, 4) is 0 Å². The van der Waals surface area contributed by atoms with Crippen molar-refractivity contribution in [1.29, 1.82) is 0 Å². The van der Waals surface area contributed by atoms with Crippen LogP contribution in [0.15, 0.2) is 28.9 Å². The molecule has 1 aliphatic rings. The molecule has 1 fully saturated rings. The first kappa shape index (κ1) is 12.7. The summed E-state index contributed by atoms with van der Waals surface area (Å²) in [6.45, 7) is 1.46. The zero-order valence-corrected chi connectivity index (χ0v) is 12.0. The second-order valence-corrected chi connectivity index (χ2v) is 5.67. The first-order chi connectivity index (χ1) is 9.24. The molecule has 1 amide bonds. The molecule has 0 radical (unpaired) electrons. The van der Waals surface area contributed by atoms with Gasteiger partial charge in [-0.25, -0.2) is 0 Å². The van der Waals surface area contributed by atoms with Gasteiger partial charge in [0.05, 0.1) is 5.56 Å². The molecule has 0 unspecified atom stereocenters. The maximum Gasteiger partial charge on any atom is 0.253 e. The van der Waals surface area contributed by atoms with E-state index in [9.17, 15) is 4.79 Å². The zero-order valence-electron chi connectivity index (χ0n) is 10.4. The molecule has 4 nitrogen and oxygen atoms in total. The SMILES string of the molecule is O=C(NC1CCOCC1)c1c[nH]c2cc(Br)ccc12. The average Bonchev–Trinajstić information content (AvgIpc) is 2.82. The van der Waals surface area contributed by atoms with Gasteiger partial charge in [0.15, 0.2) is 0 Å². The Bertz CT molecular complexity index is 603. The monoisotopic (exact) mass is 322 g/mol. The average molecular weight is 323 g/mol. The smallest absolute Gasteiger partial charge is 0.253 e. The molecular formula is C14H15BrN2O2. The van der Waals surface area contributed by atoms with Crippen LogP contribution in [0.25, 0.3) is 10.9 Å². The molecule has 1 aliphatic heterocycles. The van der Waals surface area contributed by atoms with Crippen LogP contribution in [0.2, 0.25) is 0 Å². The number of benzene rings is 1. The summed E-state index contributed by atoms with van der Waals surface area (Å²) in [6.07, 6.45) is 3.55. The van der Waals surface area contributed by atoms with Crippen LogP contribution >= 0.6 is 15.9 Å². The Balaban J connectivity index is 1.81. The fraction of sp³-hybridized carbons (Fsp3) is 0.357. The lowest BCUT2D eigenvalue weighted by Gasteiger charge is -2.22. The number of aromatic amines is 1. The molecule has 1 saturated heterocycles. The highest BCUT2D eigenvalue weighted by Gasteiger charge is 2.18. The molecule has 0 aliphatic carbocycles. The van der Waals surface area contributed by atoms with E-state index in [1.807, 2.05) is 18.2 Å². The number of carbonyl (C=O) groups excluding carboxylic acids is 1. The number of hydrogen-bond donors (Lipinski definition) is 2. The lowest BCUT2D eigenvalue weighted by molar-refractivity contribution is 0.0697. The van der Waals surface area contributed by atoms with Gasteiger partial charge in [-0.05, 0) is 25.0 Å². The molecule has 0 bridgehead atoms. The van der Waals surface area contributed by atoms with Crippen molar-refractivity contribution in [1.82, 2.24) is 10.3 Å². The van der Waals surface area contributed by atoms with Crippen LogP contribution in [0.1, 0.15) is 23.2 Å². The second kappa shape index (κ2) is 5.35. The van der Waals surface area contributed by atoms with Gasteiger partial charge < -0.3 is 15.0 Å². The van der Waals surface area contributed by atoms with Gasteiger partial charge >= 0.3 is 0 Å². The molecule has 0 spiro atoms. The highest BCUT2D eigenvalue weighted by Crippen LogP contribution is 2.22. The summed E-state index contributed by atoms with van der Waals surface area (Å²) < 4.78 is 6.29. The Morgan fingerprint density at radius 3 is 2.95 bits per heavy atom. The number of rotatable bonds is 2. The molecule has 2 aromatic rings. The number of hydrogen-bond acceptors (Lipinski definition) is 2. The van der Waals surface area contributed by atoms with E-state index in [2.05, 4.69) is 26.2 Å². The van der Waals surface area contributed by atoms with Gasteiger partial charge in [-0.3, -0.25) is 4.79 Å². The fourth-order valence-electron chi connectivity index (χ4n) is 2.39. The summed E-state index contributed by atoms with van der Waals surface area (Å²) in [4.78, 5) is 15.4. The Labute approximate surface area is 119 Å². The number of ether oxygens (including phenoxy) is 1. The van der Waals surface area contributed by atoms with Crippen LogP contribution < -0.4 is 5.32 Å². The van der Waals surface area contributed by atoms with E-state index < -0.39 is 0 Å². The van der Waals surface area contributed by atoms with Crippen LogP contribution in [0, 0.1) is 0 Å². The van der Waals surface area contributed by atoms with Crippen LogP contribution in [0.5, 0.6) is 0 Å². The Morgan fingerprint density at radius 1 is 1.37 bits per heavy atom. The fourth-order valence-corrected chi connectivity index (χ4v) is 2.75. The van der Waals surface area contributed by atoms with Crippen LogP contribution in [0.3, 0.4) is 0 Å². The predicted octanol–water partition coefficient (Wildman–Crippen LogP) is 2.84. The van der Waals surface area contributed by atoms with Crippen molar-refractivity contribution < 1.29 is 9.53 Å². The van der Waals surface area contributed by atoms with Gasteiger partial charge in [0, 0.05) is 40.8 Å². The van der Waals surface area contributed by atoms with Gasteiger partial charge in [0.25, 0.3) is 5.91 Å². The van der Waals surface area contributed by atoms with Crippen molar-refractivity contribution >= 4 is 32.7 Å². The lowest BCUT2D eigenvalue weighted by atomic mass is 10.1. The van der Waals surface area contributed by atoms with Crippen LogP contribution in [-0.4, -0.2) is 30.1 Å². The maximum atomic E-state index is 12.3. The van der Waals surface area contributed by atoms with E-state index in [4.69, 9.17) is 4.74 Å². The van der Waals surface area contributed by atoms with Gasteiger partial charge in [0.2, 0.25) is 0 Å². The number of aromatic nitrogens is 1. The summed E-state index contributed by atoms with van der Waals surface area (Å²) in [5.41, 5.74) is 1.67. The van der Waals surface area contributed by atoms with Crippen molar-refractivity contribution in [3.63, 3.8) is 0 Å². The molecule has 100 valence electrons. The maximum absolute atomic E-state index is 12.3. The predicted molar refractivity (Wildman–Crippen MR) is 77.3 cm³/mol. The topological polar surface area (TPSA) is 54.1 Å². The Hall–Kier alpha value is -1.33. The number of nitrogens with one attached hydrogen (secondary N) is 2. The molecule has 19 heavy (non-hydrogen) atoms. The zero-order chi connectivity index (χ0) is 13.2. The van der Waals surface area contributed by atoms with E-state index in [1.165, 1.54) is 0 Å².